The molecule has 94 valence electrons. The molecule has 0 saturated carbocycles. The Morgan fingerprint density at radius 2 is 2.06 bits per heavy atom. The van der Waals surface area contributed by atoms with Gasteiger partial charge in [-0.2, -0.15) is 4.37 Å². The van der Waals surface area contributed by atoms with Gasteiger partial charge in [0.1, 0.15) is 0 Å². The van der Waals surface area contributed by atoms with Crippen molar-refractivity contribution >= 4 is 22.4 Å². The van der Waals surface area contributed by atoms with E-state index in [-0.39, 0.29) is 6.10 Å². The summed E-state index contributed by atoms with van der Waals surface area (Å²) in [6.45, 7) is 0. The van der Waals surface area contributed by atoms with E-state index in [4.69, 9.17) is 10.5 Å². The van der Waals surface area contributed by atoms with Gasteiger partial charge in [-0.15, -0.1) is 0 Å². The highest BCUT2D eigenvalue weighted by Gasteiger charge is 2.42. The van der Waals surface area contributed by atoms with Crippen LogP contribution in [0.2, 0.25) is 0 Å². The fourth-order valence-electron chi connectivity index (χ4n) is 3.12. The molecule has 1 aromatic rings. The van der Waals surface area contributed by atoms with Crippen molar-refractivity contribution in [3.05, 3.63) is 0 Å². The summed E-state index contributed by atoms with van der Waals surface area (Å²) in [4.78, 5) is 2.36. The topological polar surface area (TPSA) is 71.6 Å². The monoisotopic (exact) mass is 255 g/mol. The number of anilines is 2. The van der Waals surface area contributed by atoms with E-state index in [1.165, 1.54) is 11.5 Å². The van der Waals surface area contributed by atoms with Crippen molar-refractivity contribution < 1.29 is 9.84 Å². The van der Waals surface area contributed by atoms with Gasteiger partial charge in [-0.3, -0.25) is 0 Å². The number of aromatic nitrogens is 1. The lowest BCUT2D eigenvalue weighted by atomic mass is 10.0. The predicted octanol–water partition coefficient (Wildman–Crippen LogP) is 1.23. The maximum atomic E-state index is 9.79. The van der Waals surface area contributed by atoms with Crippen molar-refractivity contribution in [2.24, 2.45) is 0 Å². The Hall–Kier alpha value is -1.01. The van der Waals surface area contributed by atoms with Gasteiger partial charge in [0.2, 0.25) is 0 Å². The molecule has 17 heavy (non-hydrogen) atoms. The summed E-state index contributed by atoms with van der Waals surface area (Å²) < 4.78 is 9.51. The molecule has 2 saturated heterocycles. The molecule has 2 bridgehead atoms. The number of hydrogen-bond acceptors (Lipinski definition) is 6. The van der Waals surface area contributed by atoms with E-state index < -0.39 is 0 Å². The molecular weight excluding hydrogens is 238 g/mol. The Bertz CT molecular complexity index is 409. The minimum atomic E-state index is -0.153. The molecule has 2 unspecified atom stereocenters. The largest absolute Gasteiger partial charge is 0.490 e. The van der Waals surface area contributed by atoms with Crippen LogP contribution in [0.25, 0.3) is 0 Å². The third kappa shape index (κ3) is 1.66. The fraction of sp³-hybridized carbons (Fsp3) is 0.727. The molecule has 3 rings (SSSR count). The molecule has 3 heterocycles. The number of rotatable bonds is 2. The van der Waals surface area contributed by atoms with Crippen LogP contribution in [0.4, 0.5) is 10.8 Å². The normalized spacial score (nSPS) is 31.9. The summed E-state index contributed by atoms with van der Waals surface area (Å²) in [5, 5.41) is 10.8. The van der Waals surface area contributed by atoms with E-state index in [0.717, 1.165) is 30.7 Å². The molecule has 2 aliphatic heterocycles. The van der Waals surface area contributed by atoms with Gasteiger partial charge in [0.15, 0.2) is 16.6 Å². The number of hydrogen-bond donors (Lipinski definition) is 2. The summed E-state index contributed by atoms with van der Waals surface area (Å²) >= 11 is 1.40. The molecule has 5 nitrogen and oxygen atoms in total. The predicted molar refractivity (Wildman–Crippen MR) is 67.6 cm³/mol. The summed E-state index contributed by atoms with van der Waals surface area (Å²) in [5.41, 5.74) is 5.80. The third-order valence-corrected chi connectivity index (χ3v) is 4.66. The Morgan fingerprint density at radius 1 is 1.41 bits per heavy atom. The first-order valence-electron chi connectivity index (χ1n) is 5.96. The zero-order valence-corrected chi connectivity index (χ0v) is 10.6. The van der Waals surface area contributed by atoms with Gasteiger partial charge in [0.05, 0.1) is 13.2 Å². The van der Waals surface area contributed by atoms with E-state index in [0.29, 0.717) is 23.7 Å². The lowest BCUT2D eigenvalue weighted by Gasteiger charge is -2.37. The van der Waals surface area contributed by atoms with Crippen molar-refractivity contribution in [3.8, 4) is 5.75 Å². The highest BCUT2D eigenvalue weighted by Crippen LogP contribution is 2.46. The maximum absolute atomic E-state index is 9.79. The van der Waals surface area contributed by atoms with Gasteiger partial charge < -0.3 is 20.5 Å². The summed E-state index contributed by atoms with van der Waals surface area (Å²) in [6.07, 6.45) is 3.82. The molecule has 0 amide bonds. The number of aliphatic hydroxyl groups is 1. The quantitative estimate of drug-likeness (QED) is 0.831. The van der Waals surface area contributed by atoms with Crippen LogP contribution in [0.15, 0.2) is 0 Å². The first-order valence-corrected chi connectivity index (χ1v) is 6.73. The number of aliphatic hydroxyl groups excluding tert-OH is 1. The summed E-state index contributed by atoms with van der Waals surface area (Å²) in [5.74, 6) is 1.17. The van der Waals surface area contributed by atoms with Gasteiger partial charge in [0.25, 0.3) is 0 Å². The number of nitrogen functional groups attached to an aromatic ring is 1. The lowest BCUT2D eigenvalue weighted by Crippen LogP contribution is -2.44. The van der Waals surface area contributed by atoms with Gasteiger partial charge in [-0.05, 0) is 37.2 Å². The highest BCUT2D eigenvalue weighted by atomic mass is 32.1. The number of nitrogens with zero attached hydrogens (tertiary/aromatic N) is 2. The van der Waals surface area contributed by atoms with Gasteiger partial charge >= 0.3 is 0 Å². The second-order valence-corrected chi connectivity index (χ2v) is 5.58. The van der Waals surface area contributed by atoms with Gasteiger partial charge in [-0.1, -0.05) is 0 Å². The van der Waals surface area contributed by atoms with Crippen molar-refractivity contribution in [2.45, 2.75) is 43.9 Å². The van der Waals surface area contributed by atoms with Crippen LogP contribution < -0.4 is 15.4 Å². The molecule has 0 spiro atoms. The SMILES string of the molecule is COc1c(N)nsc1N1C2CCC1CC(O)C2. The highest BCUT2D eigenvalue weighted by molar-refractivity contribution is 7.11. The first-order chi connectivity index (χ1) is 8.20. The average Bonchev–Trinajstić information content (AvgIpc) is 2.77. The van der Waals surface area contributed by atoms with Gasteiger partial charge in [-0.25, -0.2) is 0 Å². The molecule has 0 aliphatic carbocycles. The molecule has 6 heteroatoms. The van der Waals surface area contributed by atoms with Crippen LogP contribution in [0.5, 0.6) is 5.75 Å². The third-order valence-electron chi connectivity index (χ3n) is 3.80. The minimum absolute atomic E-state index is 0.153. The first kappa shape index (κ1) is 11.1. The fourth-order valence-corrected chi connectivity index (χ4v) is 4.05. The summed E-state index contributed by atoms with van der Waals surface area (Å²) in [6, 6.07) is 0.829. The van der Waals surface area contributed by atoms with E-state index in [2.05, 4.69) is 9.27 Å². The van der Waals surface area contributed by atoms with E-state index in [1.807, 2.05) is 0 Å². The van der Waals surface area contributed by atoms with Crippen molar-refractivity contribution in [1.29, 1.82) is 0 Å². The minimum Gasteiger partial charge on any atom is -0.490 e. The smallest absolute Gasteiger partial charge is 0.197 e. The van der Waals surface area contributed by atoms with E-state index in [1.54, 1.807) is 7.11 Å². The van der Waals surface area contributed by atoms with Crippen LogP contribution in [-0.4, -0.2) is 34.8 Å². The van der Waals surface area contributed by atoms with Crippen LogP contribution in [0, 0.1) is 0 Å². The molecule has 0 aromatic carbocycles. The van der Waals surface area contributed by atoms with Crippen LogP contribution in [0.3, 0.4) is 0 Å². The number of piperidine rings is 1. The Balaban J connectivity index is 1.94. The molecule has 2 atom stereocenters. The zero-order valence-electron chi connectivity index (χ0n) is 9.80. The Kier molecular flexibility index (Phi) is 2.63. The molecule has 1 aromatic heterocycles. The maximum Gasteiger partial charge on any atom is 0.197 e. The number of methoxy groups -OCH3 is 1. The number of ether oxygens (including phenoxy) is 1. The van der Waals surface area contributed by atoms with Gasteiger partial charge in [0, 0.05) is 12.1 Å². The molecule has 2 aliphatic rings. The zero-order chi connectivity index (χ0) is 12.0. The van der Waals surface area contributed by atoms with Crippen molar-refractivity contribution in [2.75, 3.05) is 17.7 Å². The Morgan fingerprint density at radius 3 is 2.65 bits per heavy atom. The van der Waals surface area contributed by atoms with E-state index >= 15 is 0 Å². The number of nitrogens with two attached hydrogens (primary N) is 1. The molecule has 2 fully saturated rings. The molecule has 3 N–H and O–H groups in total. The van der Waals surface area contributed by atoms with Crippen LogP contribution in [-0.2, 0) is 0 Å². The molecule has 0 radical (unpaired) electrons. The van der Waals surface area contributed by atoms with Crippen LogP contribution in [0.1, 0.15) is 25.7 Å². The second-order valence-electron chi connectivity index (χ2n) is 4.82. The van der Waals surface area contributed by atoms with Crippen molar-refractivity contribution in [1.82, 2.24) is 4.37 Å². The summed E-state index contributed by atoms with van der Waals surface area (Å²) in [7, 11) is 1.63. The van der Waals surface area contributed by atoms with Crippen LogP contribution >= 0.6 is 11.5 Å². The average molecular weight is 255 g/mol. The Labute approximate surface area is 104 Å². The van der Waals surface area contributed by atoms with E-state index in [9.17, 15) is 5.11 Å². The molecular formula is C11H17N3O2S. The van der Waals surface area contributed by atoms with Crippen molar-refractivity contribution in [3.63, 3.8) is 0 Å². The standard InChI is InChI=1S/C11H17N3O2S/c1-16-9-10(12)13-17-11(9)14-6-2-3-7(14)5-8(15)4-6/h6-8,15H,2-5H2,1H3,(H2,12,13). The lowest BCUT2D eigenvalue weighted by molar-refractivity contribution is 0.126. The number of fused-ring (bicyclic) bond motifs is 2. The second kappa shape index (κ2) is 4.03.